The van der Waals surface area contributed by atoms with Crippen LogP contribution in [0.25, 0.3) is 0 Å². The molecule has 0 aliphatic carbocycles. The molecule has 126 valence electrons. The molecule has 1 atom stereocenters. The highest BCUT2D eigenvalue weighted by atomic mass is 32.2. The van der Waals surface area contributed by atoms with E-state index in [4.69, 9.17) is 0 Å². The van der Waals surface area contributed by atoms with Crippen LogP contribution in [-0.4, -0.2) is 27.4 Å². The Labute approximate surface area is 140 Å². The van der Waals surface area contributed by atoms with Crippen molar-refractivity contribution in [2.45, 2.75) is 24.3 Å². The van der Waals surface area contributed by atoms with Gasteiger partial charge >= 0.3 is 0 Å². The number of carbonyl (C=O) groups excluding carboxylic acids is 1. The van der Waals surface area contributed by atoms with Crippen LogP contribution >= 0.6 is 0 Å². The molecule has 0 fully saturated rings. The standard InChI is InChI=1S/C17H17FN2O3S/c1-12-10-17(21)19(2)15-8-3-4-9-16(15)20(12)24(22,23)14-7-5-6-13(18)11-14/h3-9,11-12H,10H2,1-2H3. The summed E-state index contributed by atoms with van der Waals surface area (Å²) in [5.74, 6) is -0.799. The summed E-state index contributed by atoms with van der Waals surface area (Å²) in [7, 11) is -2.39. The molecule has 1 aliphatic heterocycles. The van der Waals surface area contributed by atoms with Gasteiger partial charge in [0.1, 0.15) is 5.82 Å². The Balaban J connectivity index is 2.22. The van der Waals surface area contributed by atoms with Gasteiger partial charge in [-0.3, -0.25) is 9.10 Å². The van der Waals surface area contributed by atoms with Crippen molar-refractivity contribution in [3.63, 3.8) is 0 Å². The maximum Gasteiger partial charge on any atom is 0.264 e. The van der Waals surface area contributed by atoms with Gasteiger partial charge in [-0.2, -0.15) is 0 Å². The molecular formula is C17H17FN2O3S. The van der Waals surface area contributed by atoms with Gasteiger partial charge in [0.15, 0.2) is 0 Å². The molecule has 1 unspecified atom stereocenters. The number of amides is 1. The maximum atomic E-state index is 13.5. The minimum Gasteiger partial charge on any atom is -0.313 e. The van der Waals surface area contributed by atoms with Crippen LogP contribution in [0.5, 0.6) is 0 Å². The highest BCUT2D eigenvalue weighted by Crippen LogP contribution is 2.37. The topological polar surface area (TPSA) is 57.7 Å². The van der Waals surface area contributed by atoms with Crippen molar-refractivity contribution >= 4 is 27.3 Å². The lowest BCUT2D eigenvalue weighted by atomic mass is 10.2. The van der Waals surface area contributed by atoms with Crippen LogP contribution < -0.4 is 9.21 Å². The molecule has 5 nitrogen and oxygen atoms in total. The van der Waals surface area contributed by atoms with E-state index in [1.54, 1.807) is 38.2 Å². The zero-order chi connectivity index (χ0) is 17.5. The Bertz CT molecular complexity index is 898. The molecule has 0 aromatic heterocycles. The van der Waals surface area contributed by atoms with Gasteiger partial charge in [0.05, 0.1) is 22.3 Å². The van der Waals surface area contributed by atoms with Crippen molar-refractivity contribution in [2.75, 3.05) is 16.3 Å². The molecular weight excluding hydrogens is 331 g/mol. The Morgan fingerprint density at radius 1 is 1.08 bits per heavy atom. The monoisotopic (exact) mass is 348 g/mol. The van der Waals surface area contributed by atoms with Gasteiger partial charge in [0, 0.05) is 13.5 Å². The fourth-order valence-corrected chi connectivity index (χ4v) is 4.59. The molecule has 24 heavy (non-hydrogen) atoms. The predicted molar refractivity (Wildman–Crippen MR) is 90.0 cm³/mol. The molecule has 0 spiro atoms. The molecule has 1 amide bonds. The fraction of sp³-hybridized carbons (Fsp3) is 0.235. The van der Waals surface area contributed by atoms with E-state index >= 15 is 0 Å². The molecule has 3 rings (SSSR count). The molecule has 0 saturated heterocycles. The van der Waals surface area contributed by atoms with E-state index in [1.165, 1.54) is 27.4 Å². The second-order valence-corrected chi connectivity index (χ2v) is 7.57. The van der Waals surface area contributed by atoms with Gasteiger partial charge in [-0.15, -0.1) is 0 Å². The molecule has 1 heterocycles. The van der Waals surface area contributed by atoms with Crippen molar-refractivity contribution in [1.82, 2.24) is 0 Å². The van der Waals surface area contributed by atoms with E-state index in [2.05, 4.69) is 0 Å². The van der Waals surface area contributed by atoms with Crippen molar-refractivity contribution in [3.8, 4) is 0 Å². The summed E-state index contributed by atoms with van der Waals surface area (Å²) in [4.78, 5) is 13.6. The number of sulfonamides is 1. The Hall–Kier alpha value is -2.41. The van der Waals surface area contributed by atoms with Crippen LogP contribution in [0.1, 0.15) is 13.3 Å². The van der Waals surface area contributed by atoms with Crippen molar-refractivity contribution < 1.29 is 17.6 Å². The van der Waals surface area contributed by atoms with E-state index in [-0.39, 0.29) is 17.2 Å². The van der Waals surface area contributed by atoms with Crippen LogP contribution in [-0.2, 0) is 14.8 Å². The van der Waals surface area contributed by atoms with Crippen molar-refractivity contribution in [3.05, 3.63) is 54.3 Å². The highest BCUT2D eigenvalue weighted by Gasteiger charge is 2.36. The predicted octanol–water partition coefficient (Wildman–Crippen LogP) is 2.78. The summed E-state index contributed by atoms with van der Waals surface area (Å²) in [6, 6.07) is 11.1. The number of hydrogen-bond acceptors (Lipinski definition) is 3. The van der Waals surface area contributed by atoms with Crippen molar-refractivity contribution in [1.29, 1.82) is 0 Å². The Morgan fingerprint density at radius 2 is 1.75 bits per heavy atom. The number of fused-ring (bicyclic) bond motifs is 1. The molecule has 2 aromatic rings. The Morgan fingerprint density at radius 3 is 2.42 bits per heavy atom. The third-order valence-electron chi connectivity index (χ3n) is 4.08. The summed E-state index contributed by atoms with van der Waals surface area (Å²) in [6.07, 6.45) is 0.0414. The first-order valence-electron chi connectivity index (χ1n) is 7.48. The van der Waals surface area contributed by atoms with E-state index < -0.39 is 21.9 Å². The molecule has 7 heteroatoms. The second kappa shape index (κ2) is 5.90. The molecule has 0 radical (unpaired) electrons. The number of para-hydroxylation sites is 2. The minimum absolute atomic E-state index is 0.0414. The lowest BCUT2D eigenvalue weighted by Gasteiger charge is -2.29. The zero-order valence-corrected chi connectivity index (χ0v) is 14.1. The first kappa shape index (κ1) is 16.4. The molecule has 0 saturated carbocycles. The van der Waals surface area contributed by atoms with Gasteiger partial charge in [-0.25, -0.2) is 12.8 Å². The van der Waals surface area contributed by atoms with Crippen LogP contribution in [0, 0.1) is 5.82 Å². The Kier molecular flexibility index (Phi) is 4.04. The van der Waals surface area contributed by atoms with Gasteiger partial charge in [-0.05, 0) is 37.3 Å². The molecule has 1 aliphatic rings. The van der Waals surface area contributed by atoms with E-state index in [9.17, 15) is 17.6 Å². The number of benzene rings is 2. The van der Waals surface area contributed by atoms with Crippen LogP contribution in [0.4, 0.5) is 15.8 Å². The summed E-state index contributed by atoms with van der Waals surface area (Å²) in [5.41, 5.74) is 0.912. The van der Waals surface area contributed by atoms with E-state index in [0.29, 0.717) is 11.4 Å². The summed E-state index contributed by atoms with van der Waals surface area (Å²) in [5, 5.41) is 0. The first-order chi connectivity index (χ1) is 11.3. The molecule has 0 bridgehead atoms. The number of rotatable bonds is 2. The normalized spacial score (nSPS) is 18.3. The van der Waals surface area contributed by atoms with Gasteiger partial charge in [0.2, 0.25) is 5.91 Å². The van der Waals surface area contributed by atoms with Crippen LogP contribution in [0.15, 0.2) is 53.4 Å². The smallest absolute Gasteiger partial charge is 0.264 e. The summed E-state index contributed by atoms with van der Waals surface area (Å²) < 4.78 is 40.9. The maximum absolute atomic E-state index is 13.5. The summed E-state index contributed by atoms with van der Waals surface area (Å²) in [6.45, 7) is 1.67. The third-order valence-corrected chi connectivity index (χ3v) is 6.00. The van der Waals surface area contributed by atoms with Gasteiger partial charge in [0.25, 0.3) is 10.0 Å². The largest absolute Gasteiger partial charge is 0.313 e. The van der Waals surface area contributed by atoms with Crippen LogP contribution in [0.3, 0.4) is 0 Å². The van der Waals surface area contributed by atoms with Gasteiger partial charge in [-0.1, -0.05) is 18.2 Å². The zero-order valence-electron chi connectivity index (χ0n) is 13.3. The SMILES string of the molecule is CC1CC(=O)N(C)c2ccccc2N1S(=O)(=O)c1cccc(F)c1. The number of carbonyl (C=O) groups is 1. The average Bonchev–Trinajstić information content (AvgIpc) is 2.63. The fourth-order valence-electron chi connectivity index (χ4n) is 2.89. The highest BCUT2D eigenvalue weighted by molar-refractivity contribution is 7.92. The summed E-state index contributed by atoms with van der Waals surface area (Å²) >= 11 is 0. The first-order valence-corrected chi connectivity index (χ1v) is 8.92. The van der Waals surface area contributed by atoms with Crippen LogP contribution in [0.2, 0.25) is 0 Å². The van der Waals surface area contributed by atoms with Gasteiger partial charge < -0.3 is 4.90 Å². The van der Waals surface area contributed by atoms with E-state index in [1.807, 2.05) is 0 Å². The average molecular weight is 348 g/mol. The molecule has 2 aromatic carbocycles. The molecule has 0 N–H and O–H groups in total. The van der Waals surface area contributed by atoms with Crippen molar-refractivity contribution in [2.24, 2.45) is 0 Å². The van der Waals surface area contributed by atoms with E-state index in [0.717, 1.165) is 6.07 Å². The number of hydrogen-bond donors (Lipinski definition) is 0. The quantitative estimate of drug-likeness (QED) is 0.838. The number of anilines is 2. The number of nitrogens with zero attached hydrogens (tertiary/aromatic N) is 2. The minimum atomic E-state index is -4.00. The lowest BCUT2D eigenvalue weighted by molar-refractivity contribution is -0.118. The number of halogens is 1. The second-order valence-electron chi connectivity index (χ2n) is 5.75. The third kappa shape index (κ3) is 2.65. The lowest BCUT2D eigenvalue weighted by Crippen LogP contribution is -2.39.